The number of carbonyl (C=O) groups is 1. The van der Waals surface area contributed by atoms with Crippen molar-refractivity contribution in [2.75, 3.05) is 32.9 Å². The van der Waals surface area contributed by atoms with Crippen LogP contribution in [0.4, 0.5) is 0 Å². The Morgan fingerprint density at radius 3 is 3.23 bits per heavy atom. The maximum absolute atomic E-state index is 12.6. The maximum atomic E-state index is 12.6. The summed E-state index contributed by atoms with van der Waals surface area (Å²) in [5.74, 6) is -0.0482. The molecule has 120 valence electrons. The minimum Gasteiger partial charge on any atom is -0.381 e. The Morgan fingerprint density at radius 2 is 2.45 bits per heavy atom. The first-order valence-corrected chi connectivity index (χ1v) is 8.00. The first kappa shape index (κ1) is 15.4. The second-order valence-corrected chi connectivity index (χ2v) is 6.07. The minimum absolute atomic E-state index is 0.0482. The van der Waals surface area contributed by atoms with Crippen LogP contribution in [0.5, 0.6) is 0 Å². The first-order chi connectivity index (χ1) is 10.7. The third-order valence-corrected chi connectivity index (χ3v) is 4.65. The van der Waals surface area contributed by atoms with Crippen molar-refractivity contribution in [1.82, 2.24) is 14.9 Å². The lowest BCUT2D eigenvalue weighted by molar-refractivity contribution is -0.146. The van der Waals surface area contributed by atoms with Crippen LogP contribution < -0.4 is 0 Å². The van der Waals surface area contributed by atoms with Crippen LogP contribution in [0.1, 0.15) is 36.7 Å². The zero-order chi connectivity index (χ0) is 15.4. The number of amides is 1. The van der Waals surface area contributed by atoms with Crippen molar-refractivity contribution in [3.63, 3.8) is 0 Å². The molecule has 22 heavy (non-hydrogen) atoms. The van der Waals surface area contributed by atoms with E-state index in [2.05, 4.69) is 9.97 Å². The van der Waals surface area contributed by atoms with Crippen LogP contribution in [0.2, 0.25) is 0 Å². The number of hydrogen-bond donors (Lipinski definition) is 0. The van der Waals surface area contributed by atoms with Crippen LogP contribution in [-0.2, 0) is 9.47 Å². The van der Waals surface area contributed by atoms with Crippen LogP contribution in [0.3, 0.4) is 0 Å². The Bertz CT molecular complexity index is 511. The summed E-state index contributed by atoms with van der Waals surface area (Å²) in [6, 6.07) is 0. The number of rotatable bonds is 4. The smallest absolute Gasteiger partial charge is 0.274 e. The molecule has 2 fully saturated rings. The summed E-state index contributed by atoms with van der Waals surface area (Å²) in [6.45, 7) is 5.53. The zero-order valence-corrected chi connectivity index (χ0v) is 13.0. The monoisotopic (exact) mass is 305 g/mol. The van der Waals surface area contributed by atoms with Crippen molar-refractivity contribution in [2.24, 2.45) is 5.41 Å². The molecule has 0 saturated carbocycles. The normalized spacial score (nSPS) is 28.2. The minimum atomic E-state index is -0.0790. The number of fused-ring (bicyclic) bond motifs is 1. The van der Waals surface area contributed by atoms with E-state index < -0.39 is 0 Å². The molecule has 2 aliphatic heterocycles. The van der Waals surface area contributed by atoms with Gasteiger partial charge in [0.1, 0.15) is 5.69 Å². The molecule has 0 N–H and O–H groups in total. The number of likely N-dealkylation sites (tertiary alicyclic amines) is 1. The van der Waals surface area contributed by atoms with Crippen molar-refractivity contribution in [3.8, 4) is 0 Å². The Kier molecular flexibility index (Phi) is 4.69. The van der Waals surface area contributed by atoms with Gasteiger partial charge in [-0.3, -0.25) is 9.78 Å². The van der Waals surface area contributed by atoms with E-state index in [1.165, 1.54) is 6.20 Å². The summed E-state index contributed by atoms with van der Waals surface area (Å²) in [4.78, 5) is 22.6. The fraction of sp³-hybridized carbons (Fsp3) is 0.688. The van der Waals surface area contributed by atoms with Gasteiger partial charge < -0.3 is 14.4 Å². The molecule has 0 aromatic carbocycles. The topological polar surface area (TPSA) is 64.6 Å². The van der Waals surface area contributed by atoms with E-state index in [0.29, 0.717) is 32.0 Å². The lowest BCUT2D eigenvalue weighted by atomic mass is 9.73. The fourth-order valence-electron chi connectivity index (χ4n) is 3.55. The Labute approximate surface area is 130 Å². The molecule has 1 aromatic heterocycles. The van der Waals surface area contributed by atoms with E-state index in [0.717, 1.165) is 25.9 Å². The summed E-state index contributed by atoms with van der Waals surface area (Å²) in [6.07, 6.45) is 7.78. The molecule has 1 amide bonds. The van der Waals surface area contributed by atoms with Gasteiger partial charge in [-0.1, -0.05) is 0 Å². The second kappa shape index (κ2) is 6.71. The van der Waals surface area contributed by atoms with Gasteiger partial charge in [0.25, 0.3) is 5.91 Å². The number of ether oxygens (including phenoxy) is 2. The third kappa shape index (κ3) is 2.98. The van der Waals surface area contributed by atoms with Gasteiger partial charge in [0, 0.05) is 44.1 Å². The van der Waals surface area contributed by atoms with E-state index in [-0.39, 0.29) is 17.4 Å². The SMILES string of the molecule is CCOCC12CCCOC1CCN(C(=O)c1cnccn1)C2. The highest BCUT2D eigenvalue weighted by Crippen LogP contribution is 2.40. The van der Waals surface area contributed by atoms with Gasteiger partial charge in [0.15, 0.2) is 0 Å². The number of piperidine rings is 1. The van der Waals surface area contributed by atoms with Crippen LogP contribution in [0.15, 0.2) is 18.6 Å². The number of nitrogens with zero attached hydrogens (tertiary/aromatic N) is 3. The molecule has 2 saturated heterocycles. The molecular weight excluding hydrogens is 282 g/mol. The van der Waals surface area contributed by atoms with E-state index >= 15 is 0 Å². The highest BCUT2D eigenvalue weighted by atomic mass is 16.5. The molecular formula is C16H23N3O3. The van der Waals surface area contributed by atoms with Gasteiger partial charge in [-0.25, -0.2) is 4.98 Å². The maximum Gasteiger partial charge on any atom is 0.274 e. The second-order valence-electron chi connectivity index (χ2n) is 6.07. The summed E-state index contributed by atoms with van der Waals surface area (Å²) >= 11 is 0. The molecule has 2 atom stereocenters. The molecule has 6 heteroatoms. The Morgan fingerprint density at radius 1 is 1.55 bits per heavy atom. The van der Waals surface area contributed by atoms with Crippen LogP contribution in [-0.4, -0.2) is 59.8 Å². The quantitative estimate of drug-likeness (QED) is 0.844. The molecule has 0 bridgehead atoms. The van der Waals surface area contributed by atoms with Crippen molar-refractivity contribution >= 4 is 5.91 Å². The third-order valence-electron chi connectivity index (χ3n) is 4.65. The van der Waals surface area contributed by atoms with Gasteiger partial charge in [-0.05, 0) is 26.2 Å². The Balaban J connectivity index is 1.76. The highest BCUT2D eigenvalue weighted by Gasteiger charge is 2.47. The Hall–Kier alpha value is -1.53. The highest BCUT2D eigenvalue weighted by molar-refractivity contribution is 5.92. The van der Waals surface area contributed by atoms with Crippen molar-refractivity contribution in [3.05, 3.63) is 24.3 Å². The molecule has 1 aromatic rings. The van der Waals surface area contributed by atoms with E-state index in [1.807, 2.05) is 11.8 Å². The predicted molar refractivity (Wildman–Crippen MR) is 80.5 cm³/mol. The molecule has 2 unspecified atom stereocenters. The van der Waals surface area contributed by atoms with Crippen molar-refractivity contribution < 1.29 is 14.3 Å². The lowest BCUT2D eigenvalue weighted by Crippen LogP contribution is -2.58. The predicted octanol–water partition coefficient (Wildman–Crippen LogP) is 1.52. The van der Waals surface area contributed by atoms with E-state index in [9.17, 15) is 4.79 Å². The van der Waals surface area contributed by atoms with Gasteiger partial charge >= 0.3 is 0 Å². The van der Waals surface area contributed by atoms with Crippen molar-refractivity contribution in [2.45, 2.75) is 32.3 Å². The zero-order valence-electron chi connectivity index (χ0n) is 13.0. The standard InChI is InChI=1S/C16H23N3O3/c1-2-21-12-16-5-3-9-22-14(16)4-8-19(11-16)15(20)13-10-17-6-7-18-13/h6-7,10,14H,2-5,8-9,11-12H2,1H3. The van der Waals surface area contributed by atoms with E-state index in [4.69, 9.17) is 9.47 Å². The molecule has 0 spiro atoms. The van der Waals surface area contributed by atoms with Gasteiger partial charge in [0.2, 0.25) is 0 Å². The number of hydrogen-bond acceptors (Lipinski definition) is 5. The van der Waals surface area contributed by atoms with Gasteiger partial charge in [-0.15, -0.1) is 0 Å². The molecule has 3 heterocycles. The molecule has 3 rings (SSSR count). The molecule has 0 radical (unpaired) electrons. The largest absolute Gasteiger partial charge is 0.381 e. The average Bonchev–Trinajstić information content (AvgIpc) is 2.59. The van der Waals surface area contributed by atoms with Crippen molar-refractivity contribution in [1.29, 1.82) is 0 Å². The first-order valence-electron chi connectivity index (χ1n) is 8.00. The fourth-order valence-corrected chi connectivity index (χ4v) is 3.55. The van der Waals surface area contributed by atoms with Crippen LogP contribution in [0, 0.1) is 5.41 Å². The molecule has 0 aliphatic carbocycles. The summed E-state index contributed by atoms with van der Waals surface area (Å²) in [5.41, 5.74) is 0.328. The summed E-state index contributed by atoms with van der Waals surface area (Å²) < 4.78 is 11.7. The number of carbonyl (C=O) groups excluding carboxylic acids is 1. The van der Waals surface area contributed by atoms with Crippen LogP contribution >= 0.6 is 0 Å². The number of aromatic nitrogens is 2. The lowest BCUT2D eigenvalue weighted by Gasteiger charge is -2.50. The molecule has 6 nitrogen and oxygen atoms in total. The summed E-state index contributed by atoms with van der Waals surface area (Å²) in [5, 5.41) is 0. The summed E-state index contributed by atoms with van der Waals surface area (Å²) in [7, 11) is 0. The molecule has 2 aliphatic rings. The van der Waals surface area contributed by atoms with Gasteiger partial charge in [0.05, 0.1) is 18.9 Å². The average molecular weight is 305 g/mol. The van der Waals surface area contributed by atoms with Crippen LogP contribution in [0.25, 0.3) is 0 Å². The van der Waals surface area contributed by atoms with E-state index in [1.54, 1.807) is 12.4 Å². The van der Waals surface area contributed by atoms with Gasteiger partial charge in [-0.2, -0.15) is 0 Å².